The molecule has 0 aromatic heterocycles. The van der Waals surface area contributed by atoms with E-state index in [4.69, 9.17) is 34.8 Å². The van der Waals surface area contributed by atoms with Gasteiger partial charge < -0.3 is 10.6 Å². The van der Waals surface area contributed by atoms with Crippen LogP contribution in [0.4, 0.5) is 5.69 Å². The van der Waals surface area contributed by atoms with Crippen molar-refractivity contribution >= 4 is 52.3 Å². The summed E-state index contributed by atoms with van der Waals surface area (Å²) in [4.78, 5) is 25.3. The summed E-state index contributed by atoms with van der Waals surface area (Å²) in [5, 5.41) is 6.79. The Balaban J connectivity index is 2.16. The fourth-order valence-corrected chi connectivity index (χ4v) is 3.19. The number of carbonyl (C=O) groups is 2. The molecule has 0 bridgehead atoms. The van der Waals surface area contributed by atoms with Gasteiger partial charge in [-0.3, -0.25) is 9.59 Å². The van der Waals surface area contributed by atoms with Gasteiger partial charge in [-0.05, 0) is 55.2 Å². The van der Waals surface area contributed by atoms with Crippen molar-refractivity contribution in [3.05, 3.63) is 62.6 Å². The zero-order chi connectivity index (χ0) is 20.1. The number of carbonyl (C=O) groups excluding carboxylic acids is 2. The summed E-state index contributed by atoms with van der Waals surface area (Å²) in [5.41, 5.74) is 1.75. The second kappa shape index (κ2) is 9.45. The Kier molecular flexibility index (Phi) is 7.54. The molecule has 1 unspecified atom stereocenters. The van der Waals surface area contributed by atoms with E-state index >= 15 is 0 Å². The lowest BCUT2D eigenvalue weighted by atomic mass is 10.0. The molecule has 0 aliphatic carbocycles. The first-order chi connectivity index (χ1) is 12.7. The Morgan fingerprint density at radius 2 is 1.70 bits per heavy atom. The average Bonchev–Trinajstić information content (AvgIpc) is 2.57. The van der Waals surface area contributed by atoms with Gasteiger partial charge in [-0.15, -0.1) is 0 Å². The minimum absolute atomic E-state index is 0.198. The number of amides is 2. The van der Waals surface area contributed by atoms with Crippen LogP contribution in [0, 0.1) is 12.8 Å². The monoisotopic (exact) mass is 426 g/mol. The standard InChI is InChI=1S/C20H21Cl3N2O2/c1-11(2)8-18(20(27)24-14-6-4-12(3)16(22)10-14)25-19(26)15-7-5-13(21)9-17(15)23/h4-7,9-11,18H,8H2,1-3H3,(H,24,27)(H,25,26). The molecule has 0 aliphatic heterocycles. The van der Waals surface area contributed by atoms with Crippen LogP contribution in [-0.2, 0) is 4.79 Å². The number of anilines is 1. The van der Waals surface area contributed by atoms with Crippen molar-refractivity contribution in [3.8, 4) is 0 Å². The SMILES string of the molecule is Cc1ccc(NC(=O)C(CC(C)C)NC(=O)c2ccc(Cl)cc2Cl)cc1Cl. The van der Waals surface area contributed by atoms with Gasteiger partial charge in [-0.1, -0.05) is 54.7 Å². The van der Waals surface area contributed by atoms with Crippen molar-refractivity contribution in [2.45, 2.75) is 33.2 Å². The van der Waals surface area contributed by atoms with Crippen molar-refractivity contribution in [2.75, 3.05) is 5.32 Å². The molecule has 4 nitrogen and oxygen atoms in total. The summed E-state index contributed by atoms with van der Waals surface area (Å²) < 4.78 is 0. The predicted octanol–water partition coefficient (Wildman–Crippen LogP) is 5.74. The van der Waals surface area contributed by atoms with Crippen molar-refractivity contribution in [2.24, 2.45) is 5.92 Å². The molecule has 0 saturated carbocycles. The van der Waals surface area contributed by atoms with E-state index in [2.05, 4.69) is 10.6 Å². The van der Waals surface area contributed by atoms with Gasteiger partial charge in [-0.2, -0.15) is 0 Å². The van der Waals surface area contributed by atoms with E-state index in [0.29, 0.717) is 22.2 Å². The number of halogens is 3. The van der Waals surface area contributed by atoms with E-state index in [9.17, 15) is 9.59 Å². The molecule has 2 aromatic carbocycles. The molecule has 2 rings (SSSR count). The molecular weight excluding hydrogens is 407 g/mol. The topological polar surface area (TPSA) is 58.2 Å². The fourth-order valence-electron chi connectivity index (χ4n) is 2.51. The largest absolute Gasteiger partial charge is 0.340 e. The zero-order valence-corrected chi connectivity index (χ0v) is 17.5. The molecule has 0 radical (unpaired) electrons. The highest BCUT2D eigenvalue weighted by molar-refractivity contribution is 6.36. The highest BCUT2D eigenvalue weighted by Gasteiger charge is 2.24. The lowest BCUT2D eigenvalue weighted by Crippen LogP contribution is -2.44. The molecule has 2 amide bonds. The summed E-state index contributed by atoms with van der Waals surface area (Å²) in [6.45, 7) is 5.83. The number of aryl methyl sites for hydroxylation is 1. The van der Waals surface area contributed by atoms with Gasteiger partial charge in [0.05, 0.1) is 10.6 Å². The first-order valence-corrected chi connectivity index (χ1v) is 9.63. The first-order valence-electron chi connectivity index (χ1n) is 8.50. The van der Waals surface area contributed by atoms with Crippen molar-refractivity contribution in [3.63, 3.8) is 0 Å². The number of rotatable bonds is 6. The van der Waals surface area contributed by atoms with Gasteiger partial charge in [-0.25, -0.2) is 0 Å². The predicted molar refractivity (Wildman–Crippen MR) is 112 cm³/mol. The van der Waals surface area contributed by atoms with E-state index in [1.807, 2.05) is 26.8 Å². The minimum atomic E-state index is -0.718. The van der Waals surface area contributed by atoms with Crippen LogP contribution in [0.1, 0.15) is 36.2 Å². The second-order valence-electron chi connectivity index (χ2n) is 6.73. The maximum atomic E-state index is 12.7. The van der Waals surface area contributed by atoms with Gasteiger partial charge in [0.25, 0.3) is 5.91 Å². The Morgan fingerprint density at radius 1 is 1.00 bits per heavy atom. The average molecular weight is 428 g/mol. The quantitative estimate of drug-likeness (QED) is 0.617. The molecule has 0 spiro atoms. The van der Waals surface area contributed by atoms with Crippen LogP contribution < -0.4 is 10.6 Å². The molecule has 1 atom stereocenters. The highest BCUT2D eigenvalue weighted by atomic mass is 35.5. The summed E-state index contributed by atoms with van der Waals surface area (Å²) in [6, 6.07) is 9.15. The third kappa shape index (κ3) is 6.13. The molecule has 2 aromatic rings. The number of benzene rings is 2. The van der Waals surface area contributed by atoms with E-state index in [-0.39, 0.29) is 22.4 Å². The Hall–Kier alpha value is -1.75. The van der Waals surface area contributed by atoms with Crippen molar-refractivity contribution in [1.29, 1.82) is 0 Å². The first kappa shape index (κ1) is 21.5. The van der Waals surface area contributed by atoms with Crippen LogP contribution in [0.15, 0.2) is 36.4 Å². The minimum Gasteiger partial charge on any atom is -0.340 e. The number of nitrogens with one attached hydrogen (secondary N) is 2. The third-order valence-corrected chi connectivity index (χ3v) is 4.90. The molecule has 0 fully saturated rings. The van der Waals surface area contributed by atoms with Gasteiger partial charge in [0.1, 0.15) is 6.04 Å². The summed E-state index contributed by atoms with van der Waals surface area (Å²) >= 11 is 18.1. The van der Waals surface area contributed by atoms with E-state index in [0.717, 1.165) is 5.56 Å². The smallest absolute Gasteiger partial charge is 0.253 e. The Morgan fingerprint density at radius 3 is 2.30 bits per heavy atom. The molecular formula is C20H21Cl3N2O2. The maximum Gasteiger partial charge on any atom is 0.253 e. The Bertz CT molecular complexity index is 853. The van der Waals surface area contributed by atoms with Gasteiger partial charge in [0, 0.05) is 15.7 Å². The summed E-state index contributed by atoms with van der Waals surface area (Å²) in [7, 11) is 0. The lowest BCUT2D eigenvalue weighted by Gasteiger charge is -2.21. The maximum absolute atomic E-state index is 12.7. The summed E-state index contributed by atoms with van der Waals surface area (Å²) in [6.07, 6.45) is 0.475. The molecule has 0 saturated heterocycles. The molecule has 0 heterocycles. The zero-order valence-electron chi connectivity index (χ0n) is 15.3. The van der Waals surface area contributed by atoms with Gasteiger partial charge in [0.2, 0.25) is 5.91 Å². The van der Waals surface area contributed by atoms with Crippen LogP contribution in [-0.4, -0.2) is 17.9 Å². The third-order valence-electron chi connectivity index (χ3n) is 3.94. The van der Waals surface area contributed by atoms with Crippen molar-refractivity contribution < 1.29 is 9.59 Å². The van der Waals surface area contributed by atoms with Crippen molar-refractivity contribution in [1.82, 2.24) is 5.32 Å². The molecule has 7 heteroatoms. The van der Waals surface area contributed by atoms with E-state index < -0.39 is 11.9 Å². The van der Waals surface area contributed by atoms with E-state index in [1.165, 1.54) is 12.1 Å². The molecule has 2 N–H and O–H groups in total. The second-order valence-corrected chi connectivity index (χ2v) is 7.98. The molecule has 27 heavy (non-hydrogen) atoms. The van der Waals surface area contributed by atoms with Crippen LogP contribution >= 0.6 is 34.8 Å². The van der Waals surface area contributed by atoms with Crippen LogP contribution in [0.3, 0.4) is 0 Å². The Labute approximate surface area is 174 Å². The van der Waals surface area contributed by atoms with Crippen LogP contribution in [0.2, 0.25) is 15.1 Å². The van der Waals surface area contributed by atoms with E-state index in [1.54, 1.807) is 18.2 Å². The number of hydrogen-bond donors (Lipinski definition) is 2. The fraction of sp³-hybridized carbons (Fsp3) is 0.300. The number of hydrogen-bond acceptors (Lipinski definition) is 2. The van der Waals surface area contributed by atoms with Crippen LogP contribution in [0.5, 0.6) is 0 Å². The molecule has 0 aliphatic rings. The van der Waals surface area contributed by atoms with Gasteiger partial charge in [0.15, 0.2) is 0 Å². The van der Waals surface area contributed by atoms with Gasteiger partial charge >= 0.3 is 0 Å². The summed E-state index contributed by atoms with van der Waals surface area (Å²) in [5.74, 6) is -0.551. The normalized spacial score (nSPS) is 12.0. The van der Waals surface area contributed by atoms with Crippen LogP contribution in [0.25, 0.3) is 0 Å². The molecule has 144 valence electrons. The highest BCUT2D eigenvalue weighted by Crippen LogP contribution is 2.22. The lowest BCUT2D eigenvalue weighted by molar-refractivity contribution is -0.118.